The van der Waals surface area contributed by atoms with Crippen LogP contribution >= 0.6 is 0 Å². The summed E-state index contributed by atoms with van der Waals surface area (Å²) < 4.78 is 33.8. The van der Waals surface area contributed by atoms with E-state index >= 15 is 0 Å². The first-order chi connectivity index (χ1) is 16.4. The number of aromatic nitrogens is 1. The molecule has 0 fully saturated rings. The highest BCUT2D eigenvalue weighted by Gasteiger charge is 2.28. The van der Waals surface area contributed by atoms with Gasteiger partial charge in [-0.2, -0.15) is 4.31 Å². The monoisotopic (exact) mass is 475 g/mol. The second-order valence-electron chi connectivity index (χ2n) is 7.61. The van der Waals surface area contributed by atoms with Gasteiger partial charge >= 0.3 is 0 Å². The third kappa shape index (κ3) is 4.78. The fourth-order valence-corrected chi connectivity index (χ4v) is 5.34. The van der Waals surface area contributed by atoms with Gasteiger partial charge in [-0.15, -0.1) is 0 Å². The van der Waals surface area contributed by atoms with Crippen LogP contribution in [0.15, 0.2) is 90.0 Å². The number of hydrogen-bond acceptors (Lipinski definition) is 5. The van der Waals surface area contributed by atoms with Gasteiger partial charge in [-0.1, -0.05) is 43.3 Å². The highest BCUT2D eigenvalue weighted by molar-refractivity contribution is 7.89. The summed E-state index contributed by atoms with van der Waals surface area (Å²) in [6.45, 7) is 2.25. The summed E-state index contributed by atoms with van der Waals surface area (Å²) in [5, 5.41) is 3.66. The van der Waals surface area contributed by atoms with Crippen LogP contribution in [0.1, 0.15) is 22.8 Å². The molecule has 4 rings (SSSR count). The number of hydrogen-bond donors (Lipinski definition) is 1. The van der Waals surface area contributed by atoms with Gasteiger partial charge in [0.1, 0.15) is 10.6 Å². The van der Waals surface area contributed by atoms with Crippen LogP contribution in [0, 0.1) is 0 Å². The molecule has 34 heavy (non-hydrogen) atoms. The first-order valence-electron chi connectivity index (χ1n) is 10.8. The van der Waals surface area contributed by atoms with E-state index in [4.69, 9.17) is 4.74 Å². The van der Waals surface area contributed by atoms with Gasteiger partial charge in [0.15, 0.2) is 0 Å². The second kappa shape index (κ2) is 10.0. The van der Waals surface area contributed by atoms with Crippen molar-refractivity contribution in [3.05, 3.63) is 96.2 Å². The average Bonchev–Trinajstić information content (AvgIpc) is 2.87. The van der Waals surface area contributed by atoms with E-state index in [1.54, 1.807) is 37.4 Å². The van der Waals surface area contributed by atoms with Gasteiger partial charge in [0.05, 0.1) is 18.3 Å². The van der Waals surface area contributed by atoms with Crippen molar-refractivity contribution in [2.24, 2.45) is 0 Å². The number of amides is 1. The van der Waals surface area contributed by atoms with Gasteiger partial charge in [-0.3, -0.25) is 9.78 Å². The summed E-state index contributed by atoms with van der Waals surface area (Å²) in [5.41, 5.74) is 2.41. The Bertz CT molecular complexity index is 1420. The summed E-state index contributed by atoms with van der Waals surface area (Å²) in [6, 6.07) is 22.9. The van der Waals surface area contributed by atoms with Crippen LogP contribution < -0.4 is 10.1 Å². The molecule has 0 bridgehead atoms. The number of methoxy groups -OCH3 is 1. The topological polar surface area (TPSA) is 88.6 Å². The molecule has 0 spiro atoms. The summed E-state index contributed by atoms with van der Waals surface area (Å²) >= 11 is 0. The molecule has 0 radical (unpaired) electrons. The molecule has 1 aromatic heterocycles. The van der Waals surface area contributed by atoms with Crippen molar-refractivity contribution in [3.63, 3.8) is 0 Å². The predicted molar refractivity (Wildman–Crippen MR) is 132 cm³/mol. The van der Waals surface area contributed by atoms with Crippen LogP contribution in [0.4, 0.5) is 5.69 Å². The molecular weight excluding hydrogens is 450 g/mol. The Morgan fingerprint density at radius 1 is 1.00 bits per heavy atom. The number of ether oxygens (including phenoxy) is 1. The number of pyridine rings is 1. The first-order valence-corrected chi connectivity index (χ1v) is 12.2. The highest BCUT2D eigenvalue weighted by Crippen LogP contribution is 2.30. The molecule has 7 nitrogen and oxygen atoms in total. The summed E-state index contributed by atoms with van der Waals surface area (Å²) in [4.78, 5) is 17.3. The van der Waals surface area contributed by atoms with Gasteiger partial charge in [0, 0.05) is 30.2 Å². The number of carbonyl (C=O) groups excluding carboxylic acids is 1. The minimum Gasteiger partial charge on any atom is -0.495 e. The van der Waals surface area contributed by atoms with Gasteiger partial charge < -0.3 is 10.1 Å². The fourth-order valence-electron chi connectivity index (χ4n) is 3.72. The second-order valence-corrected chi connectivity index (χ2v) is 9.52. The summed E-state index contributed by atoms with van der Waals surface area (Å²) in [7, 11) is -2.53. The van der Waals surface area contributed by atoms with Crippen molar-refractivity contribution in [2.75, 3.05) is 19.0 Å². The Kier molecular flexibility index (Phi) is 6.90. The van der Waals surface area contributed by atoms with Crippen molar-refractivity contribution in [2.45, 2.75) is 18.4 Å². The average molecular weight is 476 g/mol. The summed E-state index contributed by atoms with van der Waals surface area (Å²) in [6.07, 6.45) is 1.68. The number of benzene rings is 3. The smallest absolute Gasteiger partial charge is 0.255 e. The van der Waals surface area contributed by atoms with Crippen LogP contribution in [0.25, 0.3) is 10.9 Å². The van der Waals surface area contributed by atoms with Gasteiger partial charge in [0.2, 0.25) is 10.0 Å². The maximum Gasteiger partial charge on any atom is 0.255 e. The lowest BCUT2D eigenvalue weighted by atomic mass is 10.1. The number of anilines is 1. The molecule has 1 N–H and O–H groups in total. The minimum atomic E-state index is -3.94. The van der Waals surface area contributed by atoms with E-state index in [9.17, 15) is 13.2 Å². The van der Waals surface area contributed by atoms with Crippen molar-refractivity contribution in [1.82, 2.24) is 9.29 Å². The molecule has 0 saturated carbocycles. The molecule has 0 saturated heterocycles. The molecule has 0 unspecified atom stereocenters. The van der Waals surface area contributed by atoms with Crippen molar-refractivity contribution in [1.29, 1.82) is 0 Å². The molecule has 174 valence electrons. The van der Waals surface area contributed by atoms with Gasteiger partial charge in [-0.05, 0) is 48.0 Å². The number of nitrogens with zero attached hydrogens (tertiary/aromatic N) is 2. The van der Waals surface area contributed by atoms with Crippen molar-refractivity contribution < 1.29 is 17.9 Å². The molecule has 1 heterocycles. The maximum atomic E-state index is 13.6. The molecule has 3 aromatic carbocycles. The van der Waals surface area contributed by atoms with Crippen LogP contribution in [0.5, 0.6) is 5.75 Å². The molecule has 0 aliphatic heterocycles. The molecule has 0 atom stereocenters. The van der Waals surface area contributed by atoms with E-state index in [-0.39, 0.29) is 29.3 Å². The standard InChI is InChI=1S/C26H25N3O4S/c1-3-29(18-19-9-5-4-6-10-19)34(31,32)25-17-20(14-15-24(25)33-2)26(30)28-23-13-7-12-22-21(23)11-8-16-27-22/h4-17H,3,18H2,1-2H3,(H,28,30). The normalized spacial score (nSPS) is 11.5. The largest absolute Gasteiger partial charge is 0.495 e. The van der Waals surface area contributed by atoms with E-state index in [1.807, 2.05) is 42.5 Å². The highest BCUT2D eigenvalue weighted by atomic mass is 32.2. The van der Waals surface area contributed by atoms with Crippen molar-refractivity contribution in [3.8, 4) is 5.75 Å². The van der Waals surface area contributed by atoms with E-state index in [1.165, 1.54) is 23.5 Å². The fraction of sp³-hybridized carbons (Fsp3) is 0.154. The Morgan fingerprint density at radius 2 is 1.79 bits per heavy atom. The maximum absolute atomic E-state index is 13.6. The first kappa shape index (κ1) is 23.4. The third-order valence-corrected chi connectivity index (χ3v) is 7.43. The number of rotatable bonds is 8. The van der Waals surface area contributed by atoms with Gasteiger partial charge in [-0.25, -0.2) is 8.42 Å². The number of sulfonamides is 1. The van der Waals surface area contributed by atoms with Gasteiger partial charge in [0.25, 0.3) is 5.91 Å². The predicted octanol–water partition coefficient (Wildman–Crippen LogP) is 4.71. The quantitative estimate of drug-likeness (QED) is 0.399. The van der Waals surface area contributed by atoms with E-state index < -0.39 is 15.9 Å². The zero-order valence-electron chi connectivity index (χ0n) is 18.9. The third-order valence-electron chi connectivity index (χ3n) is 5.49. The zero-order chi connectivity index (χ0) is 24.1. The Labute approximate surface area is 199 Å². The van der Waals surface area contributed by atoms with Crippen LogP contribution in [-0.2, 0) is 16.6 Å². The molecule has 0 aliphatic carbocycles. The van der Waals surface area contributed by atoms with Crippen LogP contribution in [0.2, 0.25) is 0 Å². The number of fused-ring (bicyclic) bond motifs is 1. The number of nitrogens with one attached hydrogen (secondary N) is 1. The lowest BCUT2D eigenvalue weighted by molar-refractivity contribution is 0.102. The van der Waals surface area contributed by atoms with E-state index in [0.717, 1.165) is 16.5 Å². The number of carbonyl (C=O) groups is 1. The molecule has 0 aliphatic rings. The SMILES string of the molecule is CCN(Cc1ccccc1)S(=O)(=O)c1cc(C(=O)Nc2cccc3ncccc23)ccc1OC. The molecule has 8 heteroatoms. The lowest BCUT2D eigenvalue weighted by Crippen LogP contribution is -2.31. The Hall–Kier alpha value is -3.75. The van der Waals surface area contributed by atoms with Crippen molar-refractivity contribution >= 4 is 32.5 Å². The minimum absolute atomic E-state index is 0.0555. The molecular formula is C26H25N3O4S. The van der Waals surface area contributed by atoms with E-state index in [0.29, 0.717) is 5.69 Å². The summed E-state index contributed by atoms with van der Waals surface area (Å²) in [5.74, 6) is -0.251. The Balaban J connectivity index is 1.67. The van der Waals surface area contributed by atoms with E-state index in [2.05, 4.69) is 10.3 Å². The zero-order valence-corrected chi connectivity index (χ0v) is 19.7. The molecule has 1 amide bonds. The van der Waals surface area contributed by atoms with Crippen LogP contribution in [-0.4, -0.2) is 37.3 Å². The molecule has 4 aromatic rings. The lowest BCUT2D eigenvalue weighted by Gasteiger charge is -2.22. The van der Waals surface area contributed by atoms with Crippen LogP contribution in [0.3, 0.4) is 0 Å². The Morgan fingerprint density at radius 3 is 2.53 bits per heavy atom.